The number of hydrogen-bond donors (Lipinski definition) is 4. The molecule has 0 spiro atoms. The lowest BCUT2D eigenvalue weighted by Crippen LogP contribution is -2.50. The quantitative estimate of drug-likeness (QED) is 0.273. The minimum Gasteiger partial charge on any atom is -0.507 e. The van der Waals surface area contributed by atoms with Crippen LogP contribution in [0.3, 0.4) is 0 Å². The van der Waals surface area contributed by atoms with E-state index >= 15 is 0 Å². The summed E-state index contributed by atoms with van der Waals surface area (Å²) in [5.41, 5.74) is 0.589. The number of aromatic hydroxyl groups is 1. The molecule has 0 bridgehead atoms. The van der Waals surface area contributed by atoms with Gasteiger partial charge in [0.25, 0.3) is 10.0 Å². The number of carbonyl (C=O) groups is 1. The van der Waals surface area contributed by atoms with E-state index in [1.54, 1.807) is 35.2 Å². The highest BCUT2D eigenvalue weighted by Gasteiger charge is 2.37. The van der Waals surface area contributed by atoms with Crippen LogP contribution in [-0.4, -0.2) is 62.2 Å². The monoisotopic (exact) mass is 567 g/mol. The van der Waals surface area contributed by atoms with Gasteiger partial charge in [0, 0.05) is 63.0 Å². The number of aromatic nitrogens is 1. The van der Waals surface area contributed by atoms with Gasteiger partial charge in [0.15, 0.2) is 5.03 Å². The molecule has 4 N–H and O–H groups in total. The molecule has 1 unspecified atom stereocenters. The molecule has 2 aliphatic rings. The lowest BCUT2D eigenvalue weighted by Gasteiger charge is -2.27. The second-order valence-electron chi connectivity index (χ2n) is 10.1. The summed E-state index contributed by atoms with van der Waals surface area (Å²) in [7, 11) is -3.89. The van der Waals surface area contributed by atoms with Gasteiger partial charge in [-0.05, 0) is 55.0 Å². The molecule has 40 heavy (non-hydrogen) atoms. The largest absolute Gasteiger partial charge is 0.507 e. The van der Waals surface area contributed by atoms with E-state index in [9.17, 15) is 23.1 Å². The van der Waals surface area contributed by atoms with Crippen molar-refractivity contribution >= 4 is 21.7 Å². The standard InChI is InChI=1S/C28H33N5O6S/c34-23-18-22(7-4-12-31-28(36)33-15-13-29-14-16-33)39-27(35)26(23)25(19-9-10-19)20-5-3-6-21(17-20)32-40(37,38)24-8-1-2-11-30-24/h1-3,5-6,8,11,17-19,25,29,32,34H,4,7,9-10,12-16H2,(H,31,36). The molecule has 2 amide bonds. The van der Waals surface area contributed by atoms with Gasteiger partial charge in [-0.3, -0.25) is 4.72 Å². The summed E-state index contributed by atoms with van der Waals surface area (Å²) >= 11 is 0. The predicted molar refractivity (Wildman–Crippen MR) is 149 cm³/mol. The number of amides is 2. The molecule has 0 radical (unpaired) electrons. The van der Waals surface area contributed by atoms with Crippen molar-refractivity contribution in [3.05, 3.63) is 82.0 Å². The van der Waals surface area contributed by atoms with Gasteiger partial charge >= 0.3 is 11.7 Å². The zero-order chi connectivity index (χ0) is 28.1. The second-order valence-corrected chi connectivity index (χ2v) is 11.7. The van der Waals surface area contributed by atoms with Crippen LogP contribution in [-0.2, 0) is 16.4 Å². The van der Waals surface area contributed by atoms with E-state index in [2.05, 4.69) is 20.3 Å². The number of anilines is 1. The highest BCUT2D eigenvalue weighted by atomic mass is 32.2. The van der Waals surface area contributed by atoms with Crippen LogP contribution in [0.2, 0.25) is 0 Å². The van der Waals surface area contributed by atoms with E-state index < -0.39 is 21.6 Å². The first-order chi connectivity index (χ1) is 19.3. The summed E-state index contributed by atoms with van der Waals surface area (Å²) in [5, 5.41) is 16.9. The summed E-state index contributed by atoms with van der Waals surface area (Å²) in [4.78, 5) is 31.0. The molecule has 12 heteroatoms. The Hall–Kier alpha value is -3.90. The molecule has 1 saturated heterocycles. The zero-order valence-electron chi connectivity index (χ0n) is 22.0. The Bertz CT molecular complexity index is 1500. The Labute approximate surface area is 232 Å². The lowest BCUT2D eigenvalue weighted by molar-refractivity contribution is 0.190. The summed E-state index contributed by atoms with van der Waals surface area (Å²) in [6, 6.07) is 12.8. The van der Waals surface area contributed by atoms with Gasteiger partial charge in [-0.25, -0.2) is 14.6 Å². The molecule has 2 aromatic heterocycles. The van der Waals surface area contributed by atoms with Gasteiger partial charge in [0.2, 0.25) is 0 Å². The van der Waals surface area contributed by atoms with Gasteiger partial charge in [-0.15, -0.1) is 0 Å². The number of nitrogens with zero attached hydrogens (tertiary/aromatic N) is 2. The fraction of sp³-hybridized carbons (Fsp3) is 0.393. The number of piperazine rings is 1. The van der Waals surface area contributed by atoms with Crippen molar-refractivity contribution < 1.29 is 22.7 Å². The van der Waals surface area contributed by atoms with Crippen LogP contribution in [0.5, 0.6) is 5.75 Å². The number of aryl methyl sites for hydroxylation is 1. The first-order valence-electron chi connectivity index (χ1n) is 13.4. The van der Waals surface area contributed by atoms with Crippen molar-refractivity contribution in [3.8, 4) is 5.75 Å². The molecule has 3 heterocycles. The molecule has 3 aromatic rings. The number of nitrogens with one attached hydrogen (secondary N) is 3. The van der Waals surface area contributed by atoms with Crippen LogP contribution in [0.1, 0.15) is 42.1 Å². The van der Waals surface area contributed by atoms with Crippen molar-refractivity contribution in [1.29, 1.82) is 0 Å². The molecule has 1 atom stereocenters. The number of pyridine rings is 1. The first-order valence-corrected chi connectivity index (χ1v) is 14.9. The Morgan fingerprint density at radius 3 is 2.65 bits per heavy atom. The Kier molecular flexibility index (Phi) is 8.36. The molecule has 1 aromatic carbocycles. The maximum absolute atomic E-state index is 13.1. The third-order valence-electron chi connectivity index (χ3n) is 7.11. The van der Waals surface area contributed by atoms with E-state index in [4.69, 9.17) is 4.42 Å². The maximum Gasteiger partial charge on any atom is 0.343 e. The average Bonchev–Trinajstić information content (AvgIpc) is 3.79. The van der Waals surface area contributed by atoms with Crippen molar-refractivity contribution in [2.75, 3.05) is 37.4 Å². The molecule has 1 aliphatic heterocycles. The zero-order valence-corrected chi connectivity index (χ0v) is 22.8. The highest BCUT2D eigenvalue weighted by Crippen LogP contribution is 2.48. The average molecular weight is 568 g/mol. The SMILES string of the molecule is O=C(NCCCc1cc(O)c(C(c2cccc(NS(=O)(=O)c3ccccn3)c2)C2CC2)c(=O)o1)N1CCNCC1. The fourth-order valence-electron chi connectivity index (χ4n) is 5.00. The fourth-order valence-corrected chi connectivity index (χ4v) is 6.00. The molecule has 5 rings (SSSR count). The van der Waals surface area contributed by atoms with Crippen LogP contribution in [0.15, 0.2) is 69.0 Å². The van der Waals surface area contributed by atoms with Crippen LogP contribution in [0, 0.1) is 5.92 Å². The molecule has 2 fully saturated rings. The van der Waals surface area contributed by atoms with E-state index in [0.717, 1.165) is 25.9 Å². The third kappa shape index (κ3) is 6.62. The molecule has 11 nitrogen and oxygen atoms in total. The van der Waals surface area contributed by atoms with Crippen LogP contribution < -0.4 is 21.0 Å². The first kappa shape index (κ1) is 27.7. The molecular weight excluding hydrogens is 534 g/mol. The van der Waals surface area contributed by atoms with Crippen LogP contribution >= 0.6 is 0 Å². The van der Waals surface area contributed by atoms with Gasteiger partial charge in [0.05, 0.1) is 5.56 Å². The van der Waals surface area contributed by atoms with E-state index in [1.807, 2.05) is 6.07 Å². The van der Waals surface area contributed by atoms with Crippen molar-refractivity contribution in [2.24, 2.45) is 5.92 Å². The summed E-state index contributed by atoms with van der Waals surface area (Å²) < 4.78 is 33.7. The topological polar surface area (TPSA) is 154 Å². The minimum atomic E-state index is -3.89. The van der Waals surface area contributed by atoms with Gasteiger partial charge in [-0.1, -0.05) is 18.2 Å². The number of sulfonamides is 1. The smallest absolute Gasteiger partial charge is 0.343 e. The number of benzene rings is 1. The van der Waals surface area contributed by atoms with Gasteiger partial charge < -0.3 is 25.1 Å². The normalized spacial score (nSPS) is 16.4. The Morgan fingerprint density at radius 2 is 1.95 bits per heavy atom. The van der Waals surface area contributed by atoms with Gasteiger partial charge in [-0.2, -0.15) is 8.42 Å². The van der Waals surface area contributed by atoms with Crippen molar-refractivity contribution in [2.45, 2.75) is 36.6 Å². The lowest BCUT2D eigenvalue weighted by atomic mass is 9.87. The molecule has 1 aliphatic carbocycles. The Balaban J connectivity index is 1.28. The van der Waals surface area contributed by atoms with Crippen molar-refractivity contribution in [3.63, 3.8) is 0 Å². The van der Waals surface area contributed by atoms with Crippen molar-refractivity contribution in [1.82, 2.24) is 20.5 Å². The number of urea groups is 1. The summed E-state index contributed by atoms with van der Waals surface area (Å²) in [6.45, 7) is 3.30. The number of rotatable bonds is 10. The minimum absolute atomic E-state index is 0.101. The second kappa shape index (κ2) is 12.1. The number of hydrogen-bond acceptors (Lipinski definition) is 8. The van der Waals surface area contributed by atoms with E-state index in [0.29, 0.717) is 49.5 Å². The Morgan fingerprint density at radius 1 is 1.15 bits per heavy atom. The highest BCUT2D eigenvalue weighted by molar-refractivity contribution is 7.92. The van der Waals surface area contributed by atoms with E-state index in [1.165, 1.54) is 18.3 Å². The molecule has 1 saturated carbocycles. The number of carbonyl (C=O) groups excluding carboxylic acids is 1. The molecule has 212 valence electrons. The van der Waals surface area contributed by atoms with Crippen LogP contribution in [0.25, 0.3) is 0 Å². The maximum atomic E-state index is 13.1. The summed E-state index contributed by atoms with van der Waals surface area (Å²) in [6.07, 6.45) is 4.08. The summed E-state index contributed by atoms with van der Waals surface area (Å²) in [5.74, 6) is -0.119. The van der Waals surface area contributed by atoms with Crippen LogP contribution in [0.4, 0.5) is 10.5 Å². The molecular formula is C28H33N5O6S. The predicted octanol–water partition coefficient (Wildman–Crippen LogP) is 2.63. The van der Waals surface area contributed by atoms with E-state index in [-0.39, 0.29) is 28.3 Å². The third-order valence-corrected chi connectivity index (χ3v) is 8.41. The van der Waals surface area contributed by atoms with Gasteiger partial charge in [0.1, 0.15) is 11.5 Å².